The molecule has 0 spiro atoms. The molecule has 0 fully saturated rings. The number of carboxylic acid groups (broad SMARTS) is 1. The van der Waals surface area contributed by atoms with Gasteiger partial charge in [-0.3, -0.25) is 0 Å². The molecule has 0 heterocycles. The summed E-state index contributed by atoms with van der Waals surface area (Å²) in [6.07, 6.45) is 17.2. The number of carbonyl (C=O) groups excluding carboxylic acids is 1. The van der Waals surface area contributed by atoms with Crippen LogP contribution < -0.4 is 10.0 Å². The predicted molar refractivity (Wildman–Crippen MR) is 165 cm³/mol. The van der Waals surface area contributed by atoms with Crippen molar-refractivity contribution < 1.29 is 23.1 Å². The van der Waals surface area contributed by atoms with Crippen molar-refractivity contribution in [1.82, 2.24) is 0 Å². The Hall–Kier alpha value is -2.28. The molecule has 0 aromatic heterocycles. The van der Waals surface area contributed by atoms with E-state index < -0.39 is 22.1 Å². The molecule has 1 atom stereocenters. The van der Waals surface area contributed by atoms with Crippen LogP contribution in [0.2, 0.25) is 0 Å². The summed E-state index contributed by atoms with van der Waals surface area (Å²) in [7, 11) is 0.221. The van der Waals surface area contributed by atoms with E-state index in [0.717, 1.165) is 30.3 Å². The molecule has 6 nitrogen and oxygen atoms in total. The fraction of sp³-hybridized carbons (Fsp3) is 0.667. The minimum Gasteiger partial charge on any atom is -0.546 e. The number of carbonyl (C=O) groups is 1. The third kappa shape index (κ3) is 12.5. The van der Waals surface area contributed by atoms with E-state index in [9.17, 15) is 18.3 Å². The van der Waals surface area contributed by atoms with Gasteiger partial charge in [0.25, 0.3) is 6.16 Å². The van der Waals surface area contributed by atoms with Crippen LogP contribution in [0.4, 0.5) is 10.5 Å². The highest BCUT2D eigenvalue weighted by molar-refractivity contribution is 7.91. The second-order valence-electron chi connectivity index (χ2n) is 11.4. The van der Waals surface area contributed by atoms with Crippen molar-refractivity contribution in [2.45, 2.75) is 127 Å². The molecule has 0 amide bonds. The van der Waals surface area contributed by atoms with E-state index in [1.54, 1.807) is 12.1 Å². The van der Waals surface area contributed by atoms with Gasteiger partial charge in [-0.1, -0.05) is 128 Å². The molecule has 0 saturated heterocycles. The Balaban J connectivity index is 1.71. The Kier molecular flexibility index (Phi) is 16.1. The molecule has 0 aliphatic carbocycles. The lowest BCUT2D eigenvalue weighted by Gasteiger charge is -2.22. The summed E-state index contributed by atoms with van der Waals surface area (Å²) >= 11 is 0. The Morgan fingerprint density at radius 1 is 0.750 bits per heavy atom. The largest absolute Gasteiger partial charge is 0.546 e. The average molecular weight is 575 g/mol. The van der Waals surface area contributed by atoms with Crippen LogP contribution in [0.15, 0.2) is 41.3 Å². The minimum atomic E-state index is -3.63. The number of sulfone groups is 1. The number of nitrogens with zero attached hydrogens (tertiary/aromatic N) is 1. The molecule has 2 aromatic carbocycles. The lowest BCUT2D eigenvalue weighted by atomic mass is 10.0. The number of hydrogen-bond donors (Lipinski definition) is 0. The summed E-state index contributed by atoms with van der Waals surface area (Å²) in [5.41, 5.74) is 0.945. The smallest absolute Gasteiger partial charge is 0.252 e. The summed E-state index contributed by atoms with van der Waals surface area (Å²) in [6.45, 7) is 2.26. The van der Waals surface area contributed by atoms with Crippen molar-refractivity contribution in [3.05, 3.63) is 36.4 Å². The fourth-order valence-electron chi connectivity index (χ4n) is 5.46. The summed E-state index contributed by atoms with van der Waals surface area (Å²) in [5, 5.41) is 12.7. The quantitative estimate of drug-likeness (QED) is 0.104. The van der Waals surface area contributed by atoms with E-state index in [1.807, 2.05) is 43.3 Å². The molecule has 0 saturated carbocycles. The zero-order chi connectivity index (χ0) is 29.2. The van der Waals surface area contributed by atoms with Crippen molar-refractivity contribution in [2.75, 3.05) is 24.7 Å². The van der Waals surface area contributed by atoms with Gasteiger partial charge in [0.15, 0.2) is 9.84 Å². The van der Waals surface area contributed by atoms with Crippen LogP contribution in [0, 0.1) is 0 Å². The van der Waals surface area contributed by atoms with Gasteiger partial charge >= 0.3 is 0 Å². The van der Waals surface area contributed by atoms with Crippen LogP contribution in [0.3, 0.4) is 0 Å². The van der Waals surface area contributed by atoms with Crippen LogP contribution in [0.1, 0.15) is 116 Å². The molecule has 0 radical (unpaired) electrons. The first-order valence-electron chi connectivity index (χ1n) is 15.6. The summed E-state index contributed by atoms with van der Waals surface area (Å²) < 4.78 is 31.6. The zero-order valence-corrected chi connectivity index (χ0v) is 26.0. The van der Waals surface area contributed by atoms with Gasteiger partial charge in [0, 0.05) is 36.7 Å². The summed E-state index contributed by atoms with van der Waals surface area (Å²) in [4.78, 5) is 13.4. The maximum Gasteiger partial charge on any atom is 0.252 e. The van der Waals surface area contributed by atoms with Crippen molar-refractivity contribution in [1.29, 1.82) is 0 Å². The van der Waals surface area contributed by atoms with E-state index in [4.69, 9.17) is 4.74 Å². The number of unbranched alkanes of at least 4 members (excludes halogenated alkanes) is 14. The lowest BCUT2D eigenvalue weighted by molar-refractivity contribution is -0.287. The molecule has 2 rings (SSSR count). The molecular formula is C33H52NO5S-. The van der Waals surface area contributed by atoms with Crippen LogP contribution >= 0.6 is 0 Å². The van der Waals surface area contributed by atoms with Gasteiger partial charge < -0.3 is 19.5 Å². The van der Waals surface area contributed by atoms with Crippen molar-refractivity contribution >= 4 is 32.5 Å². The predicted octanol–water partition coefficient (Wildman–Crippen LogP) is 8.06. The van der Waals surface area contributed by atoms with Crippen LogP contribution in [0.5, 0.6) is 0 Å². The van der Waals surface area contributed by atoms with Crippen molar-refractivity contribution in [2.24, 2.45) is 0 Å². The van der Waals surface area contributed by atoms with Gasteiger partial charge in [0.05, 0.1) is 10.6 Å². The normalized spacial score (nSPS) is 12.5. The molecule has 0 bridgehead atoms. The molecule has 1 unspecified atom stereocenters. The van der Waals surface area contributed by atoms with Crippen molar-refractivity contribution in [3.8, 4) is 0 Å². The topological polar surface area (TPSA) is 86.7 Å². The van der Waals surface area contributed by atoms with Gasteiger partial charge in [-0.05, 0) is 25.0 Å². The zero-order valence-electron chi connectivity index (χ0n) is 25.2. The molecule has 0 aliphatic heterocycles. The number of ether oxygens (including phenoxy) is 1. The molecule has 2 aromatic rings. The number of rotatable bonds is 22. The molecule has 226 valence electrons. The van der Waals surface area contributed by atoms with E-state index >= 15 is 0 Å². The van der Waals surface area contributed by atoms with Crippen molar-refractivity contribution in [3.63, 3.8) is 0 Å². The highest BCUT2D eigenvalue weighted by atomic mass is 32.2. The maximum atomic E-state index is 13.3. The number of benzene rings is 2. The first kappa shape index (κ1) is 33.9. The fourth-order valence-corrected chi connectivity index (χ4v) is 7.06. The Morgan fingerprint density at radius 3 is 1.77 bits per heavy atom. The van der Waals surface area contributed by atoms with Gasteiger partial charge in [-0.2, -0.15) is 0 Å². The number of hydrogen-bond acceptors (Lipinski definition) is 6. The third-order valence-electron chi connectivity index (χ3n) is 7.78. The number of anilines is 1. The Labute approximate surface area is 243 Å². The lowest BCUT2D eigenvalue weighted by Crippen LogP contribution is -2.30. The average Bonchev–Trinajstić information content (AvgIpc) is 2.92. The molecule has 0 aliphatic rings. The number of fused-ring (bicyclic) bond motifs is 1. The third-order valence-corrected chi connectivity index (χ3v) is 9.58. The van der Waals surface area contributed by atoms with Crippen LogP contribution in [-0.4, -0.2) is 40.5 Å². The van der Waals surface area contributed by atoms with Gasteiger partial charge in [0.1, 0.15) is 0 Å². The van der Waals surface area contributed by atoms with Gasteiger partial charge in [0.2, 0.25) is 0 Å². The second-order valence-corrected chi connectivity index (χ2v) is 13.4. The highest BCUT2D eigenvalue weighted by Crippen LogP contribution is 2.31. The van der Waals surface area contributed by atoms with Crippen LogP contribution in [-0.2, 0) is 14.6 Å². The summed E-state index contributed by atoms with van der Waals surface area (Å²) in [5.74, 6) is -0.172. The van der Waals surface area contributed by atoms with Gasteiger partial charge in [-0.25, -0.2) is 8.42 Å². The molecule has 7 heteroatoms. The monoisotopic (exact) mass is 574 g/mol. The molecule has 0 N–H and O–H groups in total. The van der Waals surface area contributed by atoms with Crippen LogP contribution in [0.25, 0.3) is 10.8 Å². The van der Waals surface area contributed by atoms with E-state index in [0.29, 0.717) is 11.8 Å². The maximum absolute atomic E-state index is 13.3. The minimum absolute atomic E-state index is 0.124. The van der Waals surface area contributed by atoms with E-state index in [-0.39, 0.29) is 17.1 Å². The Bertz CT molecular complexity index is 1100. The first-order valence-corrected chi connectivity index (χ1v) is 17.2. The molecular weight excluding hydrogens is 522 g/mol. The van der Waals surface area contributed by atoms with E-state index in [1.165, 1.54) is 77.0 Å². The standard InChI is InChI=1S/C33H53NO5S/c1-4-5-6-7-8-9-10-11-12-13-14-15-16-17-18-21-28(39-33(35)36)26-27-40(37,38)32-25-20-22-29-30(32)23-19-24-31(29)34(2)3/h19-20,22-25,28H,4-18,21,26-27H2,1-3H3,(H,35,36)/p-1. The SMILES string of the molecule is CCCCCCCCCCCCCCCCCC(CCS(=O)(=O)c1cccc2c(N(C)C)cccc12)OC(=O)[O-]. The van der Waals surface area contributed by atoms with E-state index in [2.05, 4.69) is 6.92 Å². The first-order chi connectivity index (χ1) is 19.3. The second kappa shape index (κ2) is 19.0. The Morgan fingerprint density at radius 2 is 1.25 bits per heavy atom. The molecule has 40 heavy (non-hydrogen) atoms. The highest BCUT2D eigenvalue weighted by Gasteiger charge is 2.21. The summed E-state index contributed by atoms with van der Waals surface area (Å²) in [6, 6.07) is 10.9. The van der Waals surface area contributed by atoms with Gasteiger partial charge in [-0.15, -0.1) is 0 Å².